The molecule has 0 fully saturated rings. The largest absolute Gasteiger partial charge is 0.490 e. The molecule has 0 aliphatic heterocycles. The molecule has 166 valence electrons. The number of aliphatic hydroxyl groups excluding tert-OH is 2. The predicted octanol–water partition coefficient (Wildman–Crippen LogP) is 2.79. The zero-order chi connectivity index (χ0) is 22.4. The second-order valence-electron chi connectivity index (χ2n) is 7.16. The van der Waals surface area contributed by atoms with E-state index in [1.54, 1.807) is 0 Å². The highest BCUT2D eigenvalue weighted by molar-refractivity contribution is 5.63. The smallest absolute Gasteiger partial charge is 0.277 e. The number of hydrogen-bond donors (Lipinski definition) is 3. The zero-order valence-corrected chi connectivity index (χ0v) is 18.3. The van der Waals surface area contributed by atoms with Gasteiger partial charge in [-0.25, -0.2) is 9.97 Å². The van der Waals surface area contributed by atoms with Gasteiger partial charge in [0.1, 0.15) is 24.2 Å². The van der Waals surface area contributed by atoms with Gasteiger partial charge in [0.15, 0.2) is 0 Å². The van der Waals surface area contributed by atoms with Gasteiger partial charge in [-0.3, -0.25) is 0 Å². The van der Waals surface area contributed by atoms with E-state index < -0.39 is 6.10 Å². The number of benzene rings is 1. The number of aliphatic hydroxyl groups is 2. The van der Waals surface area contributed by atoms with Crippen molar-refractivity contribution < 1.29 is 19.5 Å². The van der Waals surface area contributed by atoms with Crippen LogP contribution in [0.15, 0.2) is 22.7 Å². The highest BCUT2D eigenvalue weighted by Crippen LogP contribution is 2.31. The van der Waals surface area contributed by atoms with Crippen molar-refractivity contribution in [2.45, 2.75) is 46.6 Å². The first-order valence-electron chi connectivity index (χ1n) is 10.5. The molecule has 3 aromatic rings. The van der Waals surface area contributed by atoms with E-state index in [0.29, 0.717) is 35.7 Å². The number of hydrogen-bond acceptors (Lipinski definition) is 9. The molecule has 2 aromatic heterocycles. The average Bonchev–Trinajstić information content (AvgIpc) is 3.28. The highest BCUT2D eigenvalue weighted by Gasteiger charge is 2.17. The maximum Gasteiger partial charge on any atom is 0.277 e. The molecule has 0 unspecified atom stereocenters. The van der Waals surface area contributed by atoms with Crippen LogP contribution in [0.5, 0.6) is 5.75 Å². The van der Waals surface area contributed by atoms with Gasteiger partial charge in [-0.1, -0.05) is 19.0 Å². The normalized spacial score (nSPS) is 12.1. The van der Waals surface area contributed by atoms with Gasteiger partial charge in [0, 0.05) is 17.8 Å². The average molecular weight is 428 g/mol. The molecule has 31 heavy (non-hydrogen) atoms. The van der Waals surface area contributed by atoms with Gasteiger partial charge in [0.05, 0.1) is 6.61 Å². The molecule has 0 saturated carbocycles. The molecule has 0 bridgehead atoms. The summed E-state index contributed by atoms with van der Waals surface area (Å²) in [6.07, 6.45) is 0.568. The Morgan fingerprint density at radius 2 is 1.90 bits per heavy atom. The van der Waals surface area contributed by atoms with Crippen molar-refractivity contribution in [3.8, 4) is 28.7 Å². The van der Waals surface area contributed by atoms with Gasteiger partial charge in [-0.05, 0) is 56.0 Å². The molecule has 1 aromatic carbocycles. The fourth-order valence-electron chi connectivity index (χ4n) is 3.15. The van der Waals surface area contributed by atoms with E-state index in [4.69, 9.17) is 14.4 Å². The number of ether oxygens (including phenoxy) is 1. The molecule has 3 rings (SSSR count). The molecule has 0 amide bonds. The monoisotopic (exact) mass is 427 g/mol. The molecule has 3 N–H and O–H groups in total. The molecule has 0 aliphatic rings. The summed E-state index contributed by atoms with van der Waals surface area (Å²) in [6.45, 7) is 8.35. The van der Waals surface area contributed by atoms with Gasteiger partial charge in [0.25, 0.3) is 5.89 Å². The van der Waals surface area contributed by atoms with Crippen molar-refractivity contribution in [3.63, 3.8) is 0 Å². The maximum atomic E-state index is 9.59. The molecule has 0 aliphatic carbocycles. The summed E-state index contributed by atoms with van der Waals surface area (Å²) < 4.78 is 11.2. The van der Waals surface area contributed by atoms with Crippen molar-refractivity contribution in [1.29, 1.82) is 0 Å². The lowest BCUT2D eigenvalue weighted by molar-refractivity contribution is 0.0531. The fraction of sp³-hybridized carbons (Fsp3) is 0.455. The molecule has 1 atom stereocenters. The van der Waals surface area contributed by atoms with E-state index in [0.717, 1.165) is 35.2 Å². The molecular weight excluding hydrogens is 398 g/mol. The third-order valence-electron chi connectivity index (χ3n) is 4.74. The van der Waals surface area contributed by atoms with Crippen LogP contribution in [-0.2, 0) is 12.8 Å². The Balaban J connectivity index is 1.92. The Morgan fingerprint density at radius 3 is 2.58 bits per heavy atom. The van der Waals surface area contributed by atoms with Crippen LogP contribution >= 0.6 is 0 Å². The van der Waals surface area contributed by atoms with E-state index in [1.165, 1.54) is 0 Å². The second-order valence-corrected chi connectivity index (χ2v) is 7.16. The van der Waals surface area contributed by atoms with Gasteiger partial charge < -0.3 is 24.8 Å². The molecule has 0 saturated heterocycles. The number of rotatable bonds is 10. The summed E-state index contributed by atoms with van der Waals surface area (Å²) >= 11 is 0. The van der Waals surface area contributed by atoms with Crippen LogP contribution in [0.4, 0.5) is 5.95 Å². The fourth-order valence-corrected chi connectivity index (χ4v) is 3.15. The summed E-state index contributed by atoms with van der Waals surface area (Å²) in [5.41, 5.74) is 4.10. The molecule has 9 nitrogen and oxygen atoms in total. The van der Waals surface area contributed by atoms with Crippen LogP contribution in [0.25, 0.3) is 23.0 Å². The minimum atomic E-state index is -0.920. The number of nitrogens with one attached hydrogen (secondary N) is 1. The van der Waals surface area contributed by atoms with E-state index in [-0.39, 0.29) is 13.2 Å². The van der Waals surface area contributed by atoms with Crippen LogP contribution in [0.3, 0.4) is 0 Å². The van der Waals surface area contributed by atoms with Crippen LogP contribution in [0.2, 0.25) is 0 Å². The number of anilines is 1. The lowest BCUT2D eigenvalue weighted by Crippen LogP contribution is -2.22. The van der Waals surface area contributed by atoms with Crippen molar-refractivity contribution in [2.75, 3.05) is 25.1 Å². The molecule has 0 radical (unpaired) electrons. The van der Waals surface area contributed by atoms with E-state index in [2.05, 4.69) is 25.4 Å². The van der Waals surface area contributed by atoms with Gasteiger partial charge >= 0.3 is 0 Å². The van der Waals surface area contributed by atoms with E-state index >= 15 is 0 Å². The highest BCUT2D eigenvalue weighted by atomic mass is 16.5. The molecular formula is C22H29N5O4. The third-order valence-corrected chi connectivity index (χ3v) is 4.74. The van der Waals surface area contributed by atoms with E-state index in [1.807, 2.05) is 45.9 Å². The van der Waals surface area contributed by atoms with Crippen molar-refractivity contribution in [2.24, 2.45) is 0 Å². The van der Waals surface area contributed by atoms with Gasteiger partial charge in [-0.2, -0.15) is 4.98 Å². The van der Waals surface area contributed by atoms with Gasteiger partial charge in [0.2, 0.25) is 11.8 Å². The maximum absolute atomic E-state index is 9.59. The first-order valence-corrected chi connectivity index (χ1v) is 10.5. The Morgan fingerprint density at radius 1 is 1.10 bits per heavy atom. The first-order chi connectivity index (χ1) is 15.0. The SMILES string of the molecule is CCNc1nc(CC)cc(-c2nc(-c3cc(C)c(OC[C@@H](O)CO)c(CC)c3)no2)n1. The third kappa shape index (κ3) is 5.36. The minimum absolute atomic E-state index is 0.0254. The quantitative estimate of drug-likeness (QED) is 0.447. The Labute approximate surface area is 181 Å². The number of aromatic nitrogens is 4. The Kier molecular flexibility index (Phi) is 7.54. The lowest BCUT2D eigenvalue weighted by Gasteiger charge is -2.16. The van der Waals surface area contributed by atoms with E-state index in [9.17, 15) is 5.11 Å². The Bertz CT molecular complexity index is 1020. The van der Waals surface area contributed by atoms with Gasteiger partial charge in [-0.15, -0.1) is 0 Å². The minimum Gasteiger partial charge on any atom is -0.490 e. The molecule has 9 heteroatoms. The van der Waals surface area contributed by atoms with Crippen LogP contribution in [0, 0.1) is 6.92 Å². The summed E-state index contributed by atoms with van der Waals surface area (Å²) in [5.74, 6) is 2.01. The zero-order valence-electron chi connectivity index (χ0n) is 18.3. The predicted molar refractivity (Wildman–Crippen MR) is 117 cm³/mol. The topological polar surface area (TPSA) is 126 Å². The number of nitrogens with zero attached hydrogens (tertiary/aromatic N) is 4. The summed E-state index contributed by atoms with van der Waals surface area (Å²) in [5, 5.41) is 25.9. The first kappa shape index (κ1) is 22.6. The van der Waals surface area contributed by atoms with Crippen LogP contribution in [-0.4, -0.2) is 56.2 Å². The standard InChI is InChI=1S/C22H29N5O4/c1-5-14-9-15(8-13(4)19(14)30-12-17(29)11-28)20-26-21(31-27-20)18-10-16(6-2)24-22(25-18)23-7-3/h8-10,17,28-29H,5-7,11-12H2,1-4H3,(H,23,24,25)/t17-/m0/s1. The summed E-state index contributed by atoms with van der Waals surface area (Å²) in [6, 6.07) is 5.71. The number of aryl methyl sites for hydroxylation is 3. The summed E-state index contributed by atoms with van der Waals surface area (Å²) in [7, 11) is 0. The van der Waals surface area contributed by atoms with Crippen LogP contribution in [0.1, 0.15) is 37.6 Å². The lowest BCUT2D eigenvalue weighted by atomic mass is 10.0. The molecule has 0 spiro atoms. The Hall–Kier alpha value is -3.04. The molecule has 2 heterocycles. The van der Waals surface area contributed by atoms with Crippen LogP contribution < -0.4 is 10.1 Å². The summed E-state index contributed by atoms with van der Waals surface area (Å²) in [4.78, 5) is 13.5. The van der Waals surface area contributed by atoms with Crippen molar-refractivity contribution in [3.05, 3.63) is 35.0 Å². The second kappa shape index (κ2) is 10.3. The van der Waals surface area contributed by atoms with Crippen molar-refractivity contribution >= 4 is 5.95 Å². The van der Waals surface area contributed by atoms with Crippen molar-refractivity contribution in [1.82, 2.24) is 20.1 Å².